The molecular weight excluding hydrogens is 202 g/mol. The lowest BCUT2D eigenvalue weighted by Crippen LogP contribution is -2.56. The van der Waals surface area contributed by atoms with Crippen molar-refractivity contribution in [3.63, 3.8) is 0 Å². The first-order valence-corrected chi connectivity index (χ1v) is 5.68. The second-order valence-corrected chi connectivity index (χ2v) is 4.57. The van der Waals surface area contributed by atoms with Crippen LogP contribution in [0.15, 0.2) is 30.3 Å². The van der Waals surface area contributed by atoms with Gasteiger partial charge in [0.15, 0.2) is 0 Å². The molecule has 0 aliphatic carbocycles. The topological polar surface area (TPSA) is 41.5 Å². The van der Waals surface area contributed by atoms with Gasteiger partial charge in [-0.15, -0.1) is 0 Å². The Labute approximate surface area is 97.4 Å². The molecule has 0 aliphatic rings. The Kier molecular flexibility index (Phi) is 4.33. The van der Waals surface area contributed by atoms with Gasteiger partial charge < -0.3 is 9.84 Å². The van der Waals surface area contributed by atoms with Crippen LogP contribution in [0.25, 0.3) is 0 Å². The molecule has 0 aromatic heterocycles. The predicted octanol–water partition coefficient (Wildman–Crippen LogP) is 2.37. The lowest BCUT2D eigenvalue weighted by molar-refractivity contribution is -0.198. The molecule has 1 unspecified atom stereocenters. The van der Waals surface area contributed by atoms with Crippen molar-refractivity contribution in [1.82, 2.24) is 5.32 Å². The van der Waals surface area contributed by atoms with E-state index in [0.717, 1.165) is 0 Å². The number of hydrogen-bond donors (Lipinski definition) is 2. The number of nitrogens with one attached hydrogen (secondary N) is 1. The number of hydrogen-bond acceptors (Lipinski definition) is 3. The molecule has 0 saturated heterocycles. The summed E-state index contributed by atoms with van der Waals surface area (Å²) in [6.45, 7) is 7.78. The number of benzene rings is 1. The van der Waals surface area contributed by atoms with Crippen molar-refractivity contribution in [1.29, 1.82) is 0 Å². The molecule has 90 valence electrons. The summed E-state index contributed by atoms with van der Waals surface area (Å²) in [4.78, 5) is 0. The molecule has 1 aromatic rings. The van der Waals surface area contributed by atoms with Gasteiger partial charge in [-0.25, -0.2) is 0 Å². The maximum atomic E-state index is 10.4. The van der Waals surface area contributed by atoms with E-state index in [1.807, 2.05) is 58.0 Å². The van der Waals surface area contributed by atoms with Crippen molar-refractivity contribution in [2.45, 2.75) is 39.6 Å². The van der Waals surface area contributed by atoms with E-state index in [0.29, 0.717) is 5.75 Å². The van der Waals surface area contributed by atoms with Gasteiger partial charge in [-0.05, 0) is 26.0 Å². The maximum absolute atomic E-state index is 10.4. The quantitative estimate of drug-likeness (QED) is 0.753. The van der Waals surface area contributed by atoms with Gasteiger partial charge in [-0.1, -0.05) is 32.0 Å². The standard InChI is InChI=1S/C13H21NO2/c1-10(2)13(15,14-11(3)4)16-12-8-6-5-7-9-12/h5-11,14-15H,1-4H3. The zero-order valence-corrected chi connectivity index (χ0v) is 10.4. The van der Waals surface area contributed by atoms with E-state index in [-0.39, 0.29) is 12.0 Å². The van der Waals surface area contributed by atoms with E-state index in [1.54, 1.807) is 0 Å². The number of para-hydroxylation sites is 1. The fourth-order valence-electron chi connectivity index (χ4n) is 1.40. The van der Waals surface area contributed by atoms with Gasteiger partial charge in [0.25, 0.3) is 5.91 Å². The van der Waals surface area contributed by atoms with Gasteiger partial charge in [0.05, 0.1) is 0 Å². The molecule has 0 saturated carbocycles. The molecule has 1 atom stereocenters. The molecule has 0 amide bonds. The Morgan fingerprint density at radius 1 is 1.12 bits per heavy atom. The summed E-state index contributed by atoms with van der Waals surface area (Å²) in [6.07, 6.45) is 0. The SMILES string of the molecule is CC(C)NC(O)(Oc1ccccc1)C(C)C. The van der Waals surface area contributed by atoms with Gasteiger partial charge in [-0.3, -0.25) is 5.32 Å². The average molecular weight is 223 g/mol. The molecule has 3 nitrogen and oxygen atoms in total. The molecule has 0 fully saturated rings. The van der Waals surface area contributed by atoms with Gasteiger partial charge in [0, 0.05) is 12.0 Å². The lowest BCUT2D eigenvalue weighted by atomic mass is 10.1. The van der Waals surface area contributed by atoms with Crippen molar-refractivity contribution in [2.75, 3.05) is 0 Å². The summed E-state index contributed by atoms with van der Waals surface area (Å²) < 4.78 is 5.62. The zero-order valence-electron chi connectivity index (χ0n) is 10.4. The highest BCUT2D eigenvalue weighted by atomic mass is 16.6. The van der Waals surface area contributed by atoms with Crippen LogP contribution in [0.3, 0.4) is 0 Å². The van der Waals surface area contributed by atoms with E-state index >= 15 is 0 Å². The minimum absolute atomic E-state index is 0.0462. The van der Waals surface area contributed by atoms with Gasteiger partial charge in [0.1, 0.15) is 5.75 Å². The van der Waals surface area contributed by atoms with Crippen LogP contribution in [0.2, 0.25) is 0 Å². The Bertz CT molecular complexity index is 311. The van der Waals surface area contributed by atoms with Crippen LogP contribution >= 0.6 is 0 Å². The minimum atomic E-state index is -1.32. The average Bonchev–Trinajstić information content (AvgIpc) is 2.17. The highest BCUT2D eigenvalue weighted by Gasteiger charge is 2.33. The third-order valence-electron chi connectivity index (χ3n) is 2.29. The zero-order chi connectivity index (χ0) is 12.2. The van der Waals surface area contributed by atoms with Crippen molar-refractivity contribution in [2.24, 2.45) is 5.92 Å². The molecule has 0 radical (unpaired) electrons. The van der Waals surface area contributed by atoms with Crippen LogP contribution in [-0.4, -0.2) is 17.1 Å². The first-order chi connectivity index (χ1) is 7.44. The molecule has 1 rings (SSSR count). The van der Waals surface area contributed by atoms with Crippen LogP contribution < -0.4 is 10.1 Å². The normalized spacial score (nSPS) is 15.2. The Morgan fingerprint density at radius 2 is 1.69 bits per heavy atom. The van der Waals surface area contributed by atoms with Crippen LogP contribution in [-0.2, 0) is 0 Å². The summed E-state index contributed by atoms with van der Waals surface area (Å²) in [6, 6.07) is 9.48. The highest BCUT2D eigenvalue weighted by molar-refractivity contribution is 5.21. The molecular formula is C13H21NO2. The molecule has 0 bridgehead atoms. The first-order valence-electron chi connectivity index (χ1n) is 5.68. The van der Waals surface area contributed by atoms with Crippen molar-refractivity contribution in [3.8, 4) is 5.75 Å². The van der Waals surface area contributed by atoms with Gasteiger partial charge in [0.2, 0.25) is 0 Å². The Hall–Kier alpha value is -1.06. The van der Waals surface area contributed by atoms with E-state index in [4.69, 9.17) is 4.74 Å². The van der Waals surface area contributed by atoms with Gasteiger partial charge >= 0.3 is 0 Å². The first kappa shape index (κ1) is 13.0. The molecule has 0 aliphatic heterocycles. The molecule has 1 aromatic carbocycles. The molecule has 0 spiro atoms. The summed E-state index contributed by atoms with van der Waals surface area (Å²) in [5.74, 6) is -0.711. The summed E-state index contributed by atoms with van der Waals surface area (Å²) >= 11 is 0. The Morgan fingerprint density at radius 3 is 2.12 bits per heavy atom. The molecule has 2 N–H and O–H groups in total. The molecule has 16 heavy (non-hydrogen) atoms. The molecule has 3 heteroatoms. The third kappa shape index (κ3) is 3.51. The van der Waals surface area contributed by atoms with E-state index < -0.39 is 5.91 Å². The third-order valence-corrected chi connectivity index (χ3v) is 2.29. The van der Waals surface area contributed by atoms with Crippen LogP contribution in [0, 0.1) is 5.92 Å². The summed E-state index contributed by atoms with van der Waals surface area (Å²) in [5.41, 5.74) is 0. The Balaban J connectivity index is 2.79. The van der Waals surface area contributed by atoms with Crippen LogP contribution in [0.1, 0.15) is 27.7 Å². The fourth-order valence-corrected chi connectivity index (χ4v) is 1.40. The second-order valence-electron chi connectivity index (χ2n) is 4.57. The monoisotopic (exact) mass is 223 g/mol. The largest absolute Gasteiger partial charge is 0.449 e. The fraction of sp³-hybridized carbons (Fsp3) is 0.538. The maximum Gasteiger partial charge on any atom is 0.270 e. The van der Waals surface area contributed by atoms with Crippen LogP contribution in [0.4, 0.5) is 0 Å². The van der Waals surface area contributed by atoms with E-state index in [9.17, 15) is 5.11 Å². The van der Waals surface area contributed by atoms with Gasteiger partial charge in [-0.2, -0.15) is 0 Å². The van der Waals surface area contributed by atoms with Crippen molar-refractivity contribution < 1.29 is 9.84 Å². The molecule has 0 heterocycles. The second kappa shape index (κ2) is 5.32. The summed E-state index contributed by atoms with van der Waals surface area (Å²) in [7, 11) is 0. The summed E-state index contributed by atoms with van der Waals surface area (Å²) in [5, 5.41) is 13.4. The van der Waals surface area contributed by atoms with Crippen molar-refractivity contribution >= 4 is 0 Å². The smallest absolute Gasteiger partial charge is 0.270 e. The lowest BCUT2D eigenvalue weighted by Gasteiger charge is -2.34. The van der Waals surface area contributed by atoms with Crippen LogP contribution in [0.5, 0.6) is 5.75 Å². The van der Waals surface area contributed by atoms with E-state index in [2.05, 4.69) is 5.32 Å². The highest BCUT2D eigenvalue weighted by Crippen LogP contribution is 2.21. The number of rotatable bonds is 5. The van der Waals surface area contributed by atoms with E-state index in [1.165, 1.54) is 0 Å². The van der Waals surface area contributed by atoms with Crippen molar-refractivity contribution in [3.05, 3.63) is 30.3 Å². The number of aliphatic hydroxyl groups is 1. The predicted molar refractivity (Wildman–Crippen MR) is 65.1 cm³/mol. The minimum Gasteiger partial charge on any atom is -0.449 e. The number of ether oxygens (including phenoxy) is 1.